The second kappa shape index (κ2) is 4.89. The van der Waals surface area contributed by atoms with Gasteiger partial charge in [0.2, 0.25) is 5.89 Å². The molecule has 1 aromatic heterocycles. The molecule has 0 radical (unpaired) electrons. The average molecular weight is 207 g/mol. The first-order valence-corrected chi connectivity index (χ1v) is 5.18. The van der Waals surface area contributed by atoms with Crippen LogP contribution in [0.15, 0.2) is 4.52 Å². The molecule has 2 rings (SSSR count). The molecule has 0 aromatic carbocycles. The van der Waals surface area contributed by atoms with Crippen LogP contribution in [0.25, 0.3) is 0 Å². The van der Waals surface area contributed by atoms with Crippen molar-refractivity contribution in [1.82, 2.24) is 10.1 Å². The van der Waals surface area contributed by atoms with Crippen LogP contribution in [0.2, 0.25) is 0 Å². The third-order valence-electron chi connectivity index (χ3n) is 2.42. The standard InChI is InChI=1S/C10H13N3O2/c11-5-4-10-12-9(13-15-10)7-8-3-1-2-6-14-8/h8H,1-4,6-7H2. The molecule has 5 heteroatoms. The van der Waals surface area contributed by atoms with Gasteiger partial charge in [-0.15, -0.1) is 0 Å². The number of rotatable bonds is 3. The maximum atomic E-state index is 8.45. The number of aromatic nitrogens is 2. The largest absolute Gasteiger partial charge is 0.378 e. The van der Waals surface area contributed by atoms with Crippen LogP contribution in [-0.4, -0.2) is 22.9 Å². The molecule has 1 aliphatic rings. The summed E-state index contributed by atoms with van der Waals surface area (Å²) in [6.07, 6.45) is 4.48. The van der Waals surface area contributed by atoms with Gasteiger partial charge in [0.25, 0.3) is 0 Å². The summed E-state index contributed by atoms with van der Waals surface area (Å²) < 4.78 is 10.5. The summed E-state index contributed by atoms with van der Waals surface area (Å²) >= 11 is 0. The lowest BCUT2D eigenvalue weighted by Crippen LogP contribution is -2.21. The predicted molar refractivity (Wildman–Crippen MR) is 50.9 cm³/mol. The van der Waals surface area contributed by atoms with Crippen molar-refractivity contribution in [3.63, 3.8) is 0 Å². The molecular formula is C10H13N3O2. The van der Waals surface area contributed by atoms with Gasteiger partial charge in [0.1, 0.15) is 6.42 Å². The monoisotopic (exact) mass is 207 g/mol. The zero-order valence-electron chi connectivity index (χ0n) is 8.48. The van der Waals surface area contributed by atoms with Crippen LogP contribution in [0.5, 0.6) is 0 Å². The fourth-order valence-corrected chi connectivity index (χ4v) is 1.68. The fraction of sp³-hybridized carbons (Fsp3) is 0.700. The Hall–Kier alpha value is -1.41. The van der Waals surface area contributed by atoms with Crippen LogP contribution in [-0.2, 0) is 17.6 Å². The third-order valence-corrected chi connectivity index (χ3v) is 2.42. The van der Waals surface area contributed by atoms with Gasteiger partial charge < -0.3 is 9.26 Å². The first-order valence-electron chi connectivity index (χ1n) is 5.18. The van der Waals surface area contributed by atoms with Crippen molar-refractivity contribution >= 4 is 0 Å². The molecule has 1 unspecified atom stereocenters. The molecule has 1 fully saturated rings. The molecule has 80 valence electrons. The molecule has 0 amide bonds. The van der Waals surface area contributed by atoms with Crippen molar-refractivity contribution in [2.75, 3.05) is 6.61 Å². The molecule has 1 aliphatic heterocycles. The highest BCUT2D eigenvalue weighted by molar-refractivity contribution is 4.94. The second-order valence-corrected chi connectivity index (χ2v) is 3.63. The minimum absolute atomic E-state index is 0.179. The van der Waals surface area contributed by atoms with Gasteiger partial charge in [0.15, 0.2) is 5.82 Å². The van der Waals surface area contributed by atoms with Crippen LogP contribution < -0.4 is 0 Å². The average Bonchev–Trinajstić information content (AvgIpc) is 2.68. The lowest BCUT2D eigenvalue weighted by molar-refractivity contribution is 0.0153. The van der Waals surface area contributed by atoms with Gasteiger partial charge in [-0.2, -0.15) is 10.2 Å². The molecule has 0 spiro atoms. The van der Waals surface area contributed by atoms with Crippen molar-refractivity contribution in [3.8, 4) is 6.07 Å². The molecule has 5 nitrogen and oxygen atoms in total. The highest BCUT2D eigenvalue weighted by atomic mass is 16.5. The van der Waals surface area contributed by atoms with E-state index in [1.54, 1.807) is 0 Å². The summed E-state index contributed by atoms with van der Waals surface area (Å²) in [4.78, 5) is 4.11. The number of ether oxygens (including phenoxy) is 1. The SMILES string of the molecule is N#CCc1nc(CC2CCCCO2)no1. The fourth-order valence-electron chi connectivity index (χ4n) is 1.68. The predicted octanol–water partition coefficient (Wildman–Crippen LogP) is 1.25. The summed E-state index contributed by atoms with van der Waals surface area (Å²) in [6, 6.07) is 1.97. The van der Waals surface area contributed by atoms with Gasteiger partial charge in [-0.3, -0.25) is 0 Å². The lowest BCUT2D eigenvalue weighted by Gasteiger charge is -2.20. The number of hydrogen-bond acceptors (Lipinski definition) is 5. The zero-order valence-corrected chi connectivity index (χ0v) is 8.48. The van der Waals surface area contributed by atoms with Gasteiger partial charge in [-0.1, -0.05) is 5.16 Å². The summed E-state index contributed by atoms with van der Waals surface area (Å²) in [6.45, 7) is 0.827. The van der Waals surface area contributed by atoms with Crippen LogP contribution in [0.3, 0.4) is 0 Å². The van der Waals surface area contributed by atoms with Gasteiger partial charge in [-0.25, -0.2) is 0 Å². The first-order chi connectivity index (χ1) is 7.38. The highest BCUT2D eigenvalue weighted by Crippen LogP contribution is 2.15. The van der Waals surface area contributed by atoms with E-state index in [0.717, 1.165) is 19.4 Å². The van der Waals surface area contributed by atoms with Crippen LogP contribution in [0.1, 0.15) is 31.0 Å². The Labute approximate surface area is 88.0 Å². The van der Waals surface area contributed by atoms with E-state index in [2.05, 4.69) is 10.1 Å². The topological polar surface area (TPSA) is 71.9 Å². The molecule has 2 heterocycles. The van der Waals surface area contributed by atoms with Gasteiger partial charge in [-0.05, 0) is 19.3 Å². The van der Waals surface area contributed by atoms with E-state index < -0.39 is 0 Å². The lowest BCUT2D eigenvalue weighted by atomic mass is 10.1. The first kappa shape index (κ1) is 10.1. The molecule has 1 atom stereocenters. The number of hydrogen-bond donors (Lipinski definition) is 0. The number of nitriles is 1. The van der Waals surface area contributed by atoms with E-state index in [-0.39, 0.29) is 12.5 Å². The minimum atomic E-state index is 0.179. The molecule has 0 N–H and O–H groups in total. The van der Waals surface area contributed by atoms with E-state index in [9.17, 15) is 0 Å². The number of nitrogens with zero attached hydrogens (tertiary/aromatic N) is 3. The van der Waals surface area contributed by atoms with Crippen molar-refractivity contribution in [3.05, 3.63) is 11.7 Å². The molecule has 1 aromatic rings. The highest BCUT2D eigenvalue weighted by Gasteiger charge is 2.17. The van der Waals surface area contributed by atoms with Crippen molar-refractivity contribution < 1.29 is 9.26 Å². The quantitative estimate of drug-likeness (QED) is 0.745. The zero-order chi connectivity index (χ0) is 10.5. The maximum absolute atomic E-state index is 8.45. The Morgan fingerprint density at radius 1 is 1.47 bits per heavy atom. The summed E-state index contributed by atoms with van der Waals surface area (Å²) in [5.74, 6) is 1.04. The molecule has 0 aliphatic carbocycles. The van der Waals surface area contributed by atoms with Crippen molar-refractivity contribution in [2.24, 2.45) is 0 Å². The van der Waals surface area contributed by atoms with Crippen molar-refractivity contribution in [1.29, 1.82) is 5.26 Å². The van der Waals surface area contributed by atoms with Gasteiger partial charge in [0.05, 0.1) is 12.2 Å². The maximum Gasteiger partial charge on any atom is 0.240 e. The Morgan fingerprint density at radius 2 is 2.40 bits per heavy atom. The van der Waals surface area contributed by atoms with E-state index >= 15 is 0 Å². The smallest absolute Gasteiger partial charge is 0.240 e. The van der Waals surface area contributed by atoms with E-state index in [1.165, 1.54) is 6.42 Å². The van der Waals surface area contributed by atoms with Crippen LogP contribution >= 0.6 is 0 Å². The van der Waals surface area contributed by atoms with Gasteiger partial charge >= 0.3 is 0 Å². The Bertz CT molecular complexity index is 350. The minimum Gasteiger partial charge on any atom is -0.378 e. The van der Waals surface area contributed by atoms with E-state index in [1.807, 2.05) is 6.07 Å². The second-order valence-electron chi connectivity index (χ2n) is 3.63. The molecule has 0 saturated carbocycles. The molecule has 0 bridgehead atoms. The van der Waals surface area contributed by atoms with E-state index in [4.69, 9.17) is 14.5 Å². The summed E-state index contributed by atoms with van der Waals surface area (Å²) in [5.41, 5.74) is 0. The van der Waals surface area contributed by atoms with Crippen LogP contribution in [0, 0.1) is 11.3 Å². The third kappa shape index (κ3) is 2.77. The Balaban J connectivity index is 1.89. The Morgan fingerprint density at radius 3 is 3.13 bits per heavy atom. The normalized spacial score (nSPS) is 21.1. The van der Waals surface area contributed by atoms with Gasteiger partial charge in [0, 0.05) is 13.0 Å². The van der Waals surface area contributed by atoms with Crippen LogP contribution in [0.4, 0.5) is 0 Å². The van der Waals surface area contributed by atoms with Crippen molar-refractivity contribution in [2.45, 2.75) is 38.2 Å². The summed E-state index contributed by atoms with van der Waals surface area (Å²) in [5, 5.41) is 12.3. The van der Waals surface area contributed by atoms with E-state index in [0.29, 0.717) is 18.1 Å². The summed E-state index contributed by atoms with van der Waals surface area (Å²) in [7, 11) is 0. The molecular weight excluding hydrogens is 194 g/mol. The molecule has 1 saturated heterocycles. The Kier molecular flexibility index (Phi) is 3.30. The molecule has 15 heavy (non-hydrogen) atoms.